The van der Waals surface area contributed by atoms with E-state index in [1.54, 1.807) is 0 Å². The molecule has 77 heavy (non-hydrogen) atoms. The average Bonchev–Trinajstić information content (AvgIpc) is 4.37. The summed E-state index contributed by atoms with van der Waals surface area (Å²) in [4.78, 5) is 33.1. The molecule has 0 amide bonds. The number of ether oxygens (including phenoxy) is 4. The summed E-state index contributed by atoms with van der Waals surface area (Å²) in [5.74, 6) is 12.7. The summed E-state index contributed by atoms with van der Waals surface area (Å²) >= 11 is 0. The summed E-state index contributed by atoms with van der Waals surface area (Å²) in [5, 5.41) is 32.5. The highest BCUT2D eigenvalue weighted by molar-refractivity contribution is 7.48. The molecule has 4 saturated heterocycles. The predicted octanol–water partition coefficient (Wildman–Crippen LogP) is 8.64. The zero-order chi connectivity index (χ0) is 53.1. The minimum atomic E-state index is -5.12. The first-order chi connectivity index (χ1) is 37.2. The lowest BCUT2D eigenvalue weighted by atomic mass is 9.92. The van der Waals surface area contributed by atoms with Crippen molar-refractivity contribution in [3.05, 3.63) is 120 Å². The van der Waals surface area contributed by atoms with Gasteiger partial charge in [0, 0.05) is 43.6 Å². The molecule has 12 rings (SSSR count). The minimum Gasteiger partial charge on any atom is -0.394 e. The molecule has 0 radical (unpaired) electrons. The predicted molar refractivity (Wildman–Crippen MR) is 284 cm³/mol. The number of hydrogen-bond acceptors (Lipinski definition) is 15. The number of hydrogen-bond donors (Lipinski definition) is 5. The van der Waals surface area contributed by atoms with Gasteiger partial charge in [-0.3, -0.25) is 27.1 Å². The van der Waals surface area contributed by atoms with Crippen molar-refractivity contribution < 1.29 is 84.7 Å². The van der Waals surface area contributed by atoms with Gasteiger partial charge in [-0.05, 0) is 83.2 Å². The van der Waals surface area contributed by atoms with E-state index < -0.39 is 111 Å². The molecular formula is C56H53O18P3. The molecule has 3 unspecified atom stereocenters. The molecule has 5 N–H and O–H groups in total. The van der Waals surface area contributed by atoms with Crippen molar-refractivity contribution in [2.75, 3.05) is 39.6 Å². The van der Waals surface area contributed by atoms with Crippen molar-refractivity contribution in [3.63, 3.8) is 0 Å². The van der Waals surface area contributed by atoms with Crippen LogP contribution < -0.4 is 0 Å². The fraction of sp³-hybridized carbons (Fsp3) is 0.357. The third kappa shape index (κ3) is 11.2. The highest BCUT2D eigenvalue weighted by atomic mass is 31.2. The standard InChI is InChI=1S/C56H53O18P3/c57-29-49-46(24-26-65-49)72-75(59,60)68-31-51-48(28-42(70-51)20-16-34-8-10-40-14-12-36-4-2-6-38-18-22-44(34)56(40)54(36)38)74-77(63,64)69-32-52-47(73-76(61,62)67-30-50-45(58)23-25-66-50)27-41(71-52)19-15-33-7-9-39-13-11-35-3-1-5-37-17-21-43(33)55(39)53(35)37/h1-14,17-18,21-22,41-42,45-52,57-58H,23-32H2,(H,59,60)(H,61,62)(H,63,64)/t41-,42-,45-,46-,47-,48-,49+,50+,51+,52+/m0/s1. The van der Waals surface area contributed by atoms with Crippen molar-refractivity contribution in [1.82, 2.24) is 0 Å². The molecule has 0 bridgehead atoms. The van der Waals surface area contributed by atoms with Gasteiger partial charge in [-0.15, -0.1) is 0 Å². The second-order valence-corrected chi connectivity index (χ2v) is 23.9. The molecule has 0 aromatic heterocycles. The van der Waals surface area contributed by atoms with Gasteiger partial charge in [0.2, 0.25) is 0 Å². The van der Waals surface area contributed by atoms with Crippen LogP contribution in [-0.4, -0.2) is 126 Å². The molecule has 21 heteroatoms. The quantitative estimate of drug-likeness (QED) is 0.0345. The first kappa shape index (κ1) is 52.7. The van der Waals surface area contributed by atoms with Gasteiger partial charge in [-0.1, -0.05) is 121 Å². The monoisotopic (exact) mass is 1110 g/mol. The number of aliphatic hydroxyl groups excluding tert-OH is 2. The van der Waals surface area contributed by atoms with Crippen molar-refractivity contribution >= 4 is 88.1 Å². The molecule has 8 aromatic carbocycles. The van der Waals surface area contributed by atoms with Crippen LogP contribution in [-0.2, 0) is 59.8 Å². The number of benzene rings is 8. The number of phosphoric acid groups is 3. The van der Waals surface area contributed by atoms with Crippen LogP contribution in [0.5, 0.6) is 0 Å². The lowest BCUT2D eigenvalue weighted by Gasteiger charge is -2.25. The Bertz CT molecular complexity index is 3740. The molecule has 18 nitrogen and oxygen atoms in total. The zero-order valence-corrected chi connectivity index (χ0v) is 43.8. The molecule has 0 saturated carbocycles. The summed E-state index contributed by atoms with van der Waals surface area (Å²) in [6.45, 7) is -1.83. The molecular weight excluding hydrogens is 1050 g/mol. The molecule has 400 valence electrons. The van der Waals surface area contributed by atoms with Gasteiger partial charge in [0.05, 0.1) is 32.5 Å². The van der Waals surface area contributed by atoms with E-state index in [-0.39, 0.29) is 32.5 Å². The molecule has 0 aliphatic carbocycles. The summed E-state index contributed by atoms with van der Waals surface area (Å²) in [7, 11) is -14.8. The topological polar surface area (TPSA) is 245 Å². The van der Waals surface area contributed by atoms with Gasteiger partial charge in [0.25, 0.3) is 0 Å². The molecule has 8 aromatic rings. The Hall–Kier alpha value is -4.95. The van der Waals surface area contributed by atoms with Gasteiger partial charge in [0.1, 0.15) is 54.9 Å². The summed E-state index contributed by atoms with van der Waals surface area (Å²) in [6, 6.07) is 36.4. The fourth-order valence-electron chi connectivity index (χ4n) is 11.0. The fourth-order valence-corrected chi connectivity index (χ4v) is 13.9. The Kier molecular flexibility index (Phi) is 14.8. The Balaban J connectivity index is 0.781. The maximum absolute atomic E-state index is 14.0. The molecule has 4 aliphatic rings. The zero-order valence-electron chi connectivity index (χ0n) is 41.1. The van der Waals surface area contributed by atoms with Crippen LogP contribution in [0.15, 0.2) is 109 Å². The van der Waals surface area contributed by atoms with Crippen LogP contribution in [0.25, 0.3) is 64.6 Å². The number of aliphatic hydroxyl groups is 2. The Morgan fingerprint density at radius 3 is 1.31 bits per heavy atom. The van der Waals surface area contributed by atoms with Gasteiger partial charge in [-0.25, -0.2) is 13.7 Å². The van der Waals surface area contributed by atoms with Gasteiger partial charge < -0.3 is 43.8 Å². The number of rotatable bonds is 16. The van der Waals surface area contributed by atoms with E-state index in [1.807, 2.05) is 60.7 Å². The van der Waals surface area contributed by atoms with Crippen LogP contribution >= 0.6 is 23.5 Å². The molecule has 4 heterocycles. The highest BCUT2D eigenvalue weighted by Gasteiger charge is 2.46. The summed E-state index contributed by atoms with van der Waals surface area (Å²) in [6.07, 6.45) is -10.2. The van der Waals surface area contributed by atoms with Crippen LogP contribution in [0.4, 0.5) is 0 Å². The van der Waals surface area contributed by atoms with Gasteiger partial charge in [0.15, 0.2) is 0 Å². The van der Waals surface area contributed by atoms with Crippen LogP contribution in [0, 0.1) is 23.7 Å². The molecule has 0 spiro atoms. The first-order valence-corrected chi connectivity index (χ1v) is 29.8. The minimum absolute atomic E-state index is 0.0858. The number of phosphoric ester groups is 3. The SMILES string of the molecule is O=P(O)(OC[C@H]1O[C@@H](C#Cc2ccc3ccc4cccc5ccc2c3c45)C[C@@H]1OP(=O)(O)OC[C@H]1O[C@@H](C#Cc2ccc3ccc4cccc5ccc2c3c45)C[C@@H]1OP(=O)(O)OC[C@H]1OCC[C@@H]1O)O[C@H]1CCO[C@@H]1CO. The largest absolute Gasteiger partial charge is 0.472 e. The van der Waals surface area contributed by atoms with E-state index in [0.717, 1.165) is 64.6 Å². The van der Waals surface area contributed by atoms with E-state index in [2.05, 4.69) is 72.2 Å². The second kappa shape index (κ2) is 21.6. The Morgan fingerprint density at radius 1 is 0.481 bits per heavy atom. The molecule has 4 fully saturated rings. The third-order valence-electron chi connectivity index (χ3n) is 14.7. The Labute approximate surface area is 441 Å². The van der Waals surface area contributed by atoms with E-state index in [4.69, 9.17) is 46.1 Å². The van der Waals surface area contributed by atoms with E-state index in [0.29, 0.717) is 17.5 Å². The van der Waals surface area contributed by atoms with Gasteiger partial charge in [-0.2, -0.15) is 0 Å². The normalized spacial score (nSPS) is 28.1. The summed E-state index contributed by atoms with van der Waals surface area (Å²) in [5.41, 5.74) is 1.41. The van der Waals surface area contributed by atoms with E-state index in [1.165, 1.54) is 0 Å². The van der Waals surface area contributed by atoms with Crippen LogP contribution in [0.2, 0.25) is 0 Å². The summed E-state index contributed by atoms with van der Waals surface area (Å²) < 4.78 is 96.9. The molecule has 4 aliphatic heterocycles. The molecule has 13 atom stereocenters. The van der Waals surface area contributed by atoms with Crippen LogP contribution in [0.1, 0.15) is 36.8 Å². The Morgan fingerprint density at radius 2 is 0.870 bits per heavy atom. The maximum atomic E-state index is 14.0. The first-order valence-electron chi connectivity index (χ1n) is 25.3. The lowest BCUT2D eigenvalue weighted by Crippen LogP contribution is -2.31. The lowest BCUT2D eigenvalue weighted by molar-refractivity contribution is -0.0363. The second-order valence-electron chi connectivity index (χ2n) is 19.6. The smallest absolute Gasteiger partial charge is 0.394 e. The van der Waals surface area contributed by atoms with Crippen molar-refractivity contribution in [2.24, 2.45) is 0 Å². The third-order valence-corrected chi connectivity index (χ3v) is 17.7. The van der Waals surface area contributed by atoms with Gasteiger partial charge >= 0.3 is 23.5 Å². The van der Waals surface area contributed by atoms with E-state index in [9.17, 15) is 38.6 Å². The van der Waals surface area contributed by atoms with Crippen molar-refractivity contribution in [1.29, 1.82) is 0 Å². The van der Waals surface area contributed by atoms with Crippen LogP contribution in [0.3, 0.4) is 0 Å². The van der Waals surface area contributed by atoms with Crippen molar-refractivity contribution in [2.45, 2.75) is 86.7 Å². The van der Waals surface area contributed by atoms with E-state index >= 15 is 0 Å². The highest BCUT2D eigenvalue weighted by Crippen LogP contribution is 2.52. The van der Waals surface area contributed by atoms with Crippen molar-refractivity contribution in [3.8, 4) is 23.7 Å². The average molecular weight is 1110 g/mol. The maximum Gasteiger partial charge on any atom is 0.472 e.